The number of hydrogen-bond donors (Lipinski definition) is 1. The molecule has 1 aliphatic carbocycles. The van der Waals surface area contributed by atoms with Crippen LogP contribution < -0.4 is 5.32 Å². The van der Waals surface area contributed by atoms with Gasteiger partial charge in [-0.1, -0.05) is 38.1 Å². The smallest absolute Gasteiger partial charge is 0.332 e. The minimum Gasteiger partial charge on any atom is -0.460 e. The zero-order valence-electron chi connectivity index (χ0n) is 21.1. The number of cyclic esters (lactones) is 1. The number of nitrogens with zero attached hydrogens (tertiary/aromatic N) is 2. The summed E-state index contributed by atoms with van der Waals surface area (Å²) in [6.45, 7) is 6.20. The van der Waals surface area contributed by atoms with Gasteiger partial charge in [-0.2, -0.15) is 0 Å². The molecular weight excluding hydrogens is 469 g/mol. The van der Waals surface area contributed by atoms with Crippen LogP contribution in [0.2, 0.25) is 0 Å². The highest BCUT2D eigenvalue weighted by atomic mass is 19.1. The molecular formula is C30H30FN3O3. The van der Waals surface area contributed by atoms with E-state index in [2.05, 4.69) is 35.2 Å². The van der Waals surface area contributed by atoms with E-state index in [1.807, 2.05) is 31.2 Å². The third-order valence-corrected chi connectivity index (χ3v) is 8.01. The van der Waals surface area contributed by atoms with Gasteiger partial charge in [-0.05, 0) is 73.1 Å². The number of halogens is 1. The third-order valence-electron chi connectivity index (χ3n) is 8.01. The molecule has 3 unspecified atom stereocenters. The molecule has 1 saturated carbocycles. The number of aromatic nitrogens is 2. The molecule has 2 aromatic heterocycles. The Morgan fingerprint density at radius 3 is 2.59 bits per heavy atom. The number of rotatable bonds is 5. The Hall–Kier alpha value is -3.87. The Bertz CT molecular complexity index is 1330. The normalized spacial score (nSPS) is 29.1. The van der Waals surface area contributed by atoms with Crippen molar-refractivity contribution >= 4 is 18.0 Å². The second-order valence-electron chi connectivity index (χ2n) is 10.3. The number of carbonyl (C=O) groups excluding carboxylic acids is 2. The van der Waals surface area contributed by atoms with E-state index in [9.17, 15) is 14.0 Å². The van der Waals surface area contributed by atoms with Gasteiger partial charge in [0.05, 0.1) is 5.69 Å². The van der Waals surface area contributed by atoms with Crippen LogP contribution in [0.4, 0.5) is 4.39 Å². The molecule has 1 amide bonds. The van der Waals surface area contributed by atoms with Crippen LogP contribution in [0.15, 0.2) is 73.2 Å². The molecule has 0 bridgehead atoms. The molecule has 1 N–H and O–H groups in total. The van der Waals surface area contributed by atoms with Crippen molar-refractivity contribution in [2.45, 2.75) is 38.8 Å². The first-order chi connectivity index (χ1) is 17.8. The number of ether oxygens (including phenoxy) is 1. The van der Waals surface area contributed by atoms with Gasteiger partial charge in [0, 0.05) is 35.6 Å². The van der Waals surface area contributed by atoms with Crippen molar-refractivity contribution in [3.05, 3.63) is 90.3 Å². The topological polar surface area (TPSA) is 81.2 Å². The molecule has 3 heterocycles. The summed E-state index contributed by atoms with van der Waals surface area (Å²) in [6.07, 6.45) is 9.07. The number of carbonyl (C=O) groups is 2. The van der Waals surface area contributed by atoms with Gasteiger partial charge < -0.3 is 10.1 Å². The highest BCUT2D eigenvalue weighted by molar-refractivity contribution is 5.99. The van der Waals surface area contributed by atoms with Gasteiger partial charge in [0.1, 0.15) is 17.5 Å². The number of amides is 1. The second-order valence-corrected chi connectivity index (χ2v) is 10.3. The highest BCUT2D eigenvalue weighted by Crippen LogP contribution is 2.51. The molecule has 37 heavy (non-hydrogen) atoms. The monoisotopic (exact) mass is 499 g/mol. The largest absolute Gasteiger partial charge is 0.460 e. The number of hydrogen-bond acceptors (Lipinski definition) is 5. The van der Waals surface area contributed by atoms with Crippen molar-refractivity contribution < 1.29 is 18.7 Å². The standard InChI is InChI=1S/C30H30FN3O3/c1-18-16-30(34-28(35)21-11-13-32-14-12-21)27(20(3)37-29(30)36)26(19(18)2)10-9-25-8-7-23(17-33-25)22-5-4-6-24(31)15-22/h4-15,17-20,26-27H,16H2,1-3H3,(H,34,35)/b10-9+/t18?,19?,20-,26?,27+,30+/m1/s1. The Labute approximate surface area is 216 Å². The van der Waals surface area contributed by atoms with Gasteiger partial charge in [0.15, 0.2) is 0 Å². The zero-order chi connectivity index (χ0) is 26.2. The van der Waals surface area contributed by atoms with Gasteiger partial charge in [-0.25, -0.2) is 9.18 Å². The van der Waals surface area contributed by atoms with Crippen LogP contribution in [0.3, 0.4) is 0 Å². The van der Waals surface area contributed by atoms with E-state index in [0.717, 1.165) is 16.8 Å². The van der Waals surface area contributed by atoms with E-state index in [4.69, 9.17) is 4.74 Å². The summed E-state index contributed by atoms with van der Waals surface area (Å²) >= 11 is 0. The lowest BCUT2D eigenvalue weighted by Crippen LogP contribution is -2.62. The molecule has 1 aromatic carbocycles. The van der Waals surface area contributed by atoms with E-state index in [0.29, 0.717) is 12.0 Å². The Balaban J connectivity index is 1.43. The first-order valence-electron chi connectivity index (χ1n) is 12.6. The summed E-state index contributed by atoms with van der Waals surface area (Å²) in [5.74, 6) is -0.781. The van der Waals surface area contributed by atoms with E-state index >= 15 is 0 Å². The number of allylic oxidation sites excluding steroid dienone is 1. The second kappa shape index (κ2) is 9.88. The summed E-state index contributed by atoms with van der Waals surface area (Å²) in [4.78, 5) is 34.9. The minimum atomic E-state index is -1.10. The van der Waals surface area contributed by atoms with E-state index in [-0.39, 0.29) is 47.5 Å². The maximum Gasteiger partial charge on any atom is 0.332 e. The molecule has 1 saturated heterocycles. The lowest BCUT2D eigenvalue weighted by molar-refractivity contribution is -0.146. The fourth-order valence-corrected chi connectivity index (χ4v) is 5.96. The molecule has 7 heteroatoms. The van der Waals surface area contributed by atoms with Crippen LogP contribution in [-0.2, 0) is 9.53 Å². The number of pyridine rings is 2. The zero-order valence-corrected chi connectivity index (χ0v) is 21.1. The van der Waals surface area contributed by atoms with Crippen molar-refractivity contribution in [1.29, 1.82) is 0 Å². The fourth-order valence-electron chi connectivity index (χ4n) is 5.96. The molecule has 2 fully saturated rings. The first kappa shape index (κ1) is 24.8. The van der Waals surface area contributed by atoms with E-state index in [1.165, 1.54) is 12.1 Å². The SMILES string of the molecule is CC1C[C@@]2(NC(=O)c3ccncc3)C(=O)O[C@H](C)[C@H]2C(/C=C/c2ccc(-c3cccc(F)c3)cn2)C1C. The summed E-state index contributed by atoms with van der Waals surface area (Å²) < 4.78 is 19.4. The van der Waals surface area contributed by atoms with Crippen molar-refractivity contribution in [3.8, 4) is 11.1 Å². The molecule has 0 radical (unpaired) electrons. The van der Waals surface area contributed by atoms with Crippen molar-refractivity contribution in [1.82, 2.24) is 15.3 Å². The lowest BCUT2D eigenvalue weighted by Gasteiger charge is -2.47. The molecule has 2 aliphatic rings. The Morgan fingerprint density at radius 1 is 1.11 bits per heavy atom. The van der Waals surface area contributed by atoms with E-state index < -0.39 is 5.54 Å². The van der Waals surface area contributed by atoms with Gasteiger partial charge in [0.25, 0.3) is 5.91 Å². The number of nitrogens with one attached hydrogen (secondary N) is 1. The van der Waals surface area contributed by atoms with Crippen molar-refractivity contribution in [2.24, 2.45) is 23.7 Å². The van der Waals surface area contributed by atoms with Gasteiger partial charge >= 0.3 is 5.97 Å². The quantitative estimate of drug-likeness (QED) is 0.481. The molecule has 190 valence electrons. The van der Waals surface area contributed by atoms with Crippen LogP contribution >= 0.6 is 0 Å². The average molecular weight is 500 g/mol. The fraction of sp³-hybridized carbons (Fsp3) is 0.333. The van der Waals surface area contributed by atoms with Gasteiger partial charge in [-0.15, -0.1) is 0 Å². The van der Waals surface area contributed by atoms with Crippen LogP contribution in [0, 0.1) is 29.5 Å². The molecule has 5 rings (SSSR count). The van der Waals surface area contributed by atoms with Crippen molar-refractivity contribution in [3.63, 3.8) is 0 Å². The maximum atomic E-state index is 13.6. The molecule has 3 aromatic rings. The van der Waals surface area contributed by atoms with Gasteiger partial charge in [-0.3, -0.25) is 14.8 Å². The van der Waals surface area contributed by atoms with Crippen LogP contribution in [-0.4, -0.2) is 33.5 Å². The molecule has 6 nitrogen and oxygen atoms in total. The van der Waals surface area contributed by atoms with Crippen LogP contribution in [0.5, 0.6) is 0 Å². The summed E-state index contributed by atoms with van der Waals surface area (Å²) in [7, 11) is 0. The average Bonchev–Trinajstić information content (AvgIpc) is 3.13. The third kappa shape index (κ3) is 4.66. The predicted molar refractivity (Wildman–Crippen MR) is 139 cm³/mol. The summed E-state index contributed by atoms with van der Waals surface area (Å²) in [5.41, 5.74) is 1.71. The summed E-state index contributed by atoms with van der Waals surface area (Å²) in [5, 5.41) is 3.08. The number of benzene rings is 1. The maximum absolute atomic E-state index is 13.6. The Morgan fingerprint density at radius 2 is 1.89 bits per heavy atom. The van der Waals surface area contributed by atoms with Crippen molar-refractivity contribution in [2.75, 3.05) is 0 Å². The molecule has 0 spiro atoms. The summed E-state index contributed by atoms with van der Waals surface area (Å²) in [6, 6.07) is 13.5. The van der Waals surface area contributed by atoms with E-state index in [1.54, 1.807) is 36.8 Å². The lowest BCUT2D eigenvalue weighted by atomic mass is 9.58. The van der Waals surface area contributed by atoms with Crippen LogP contribution in [0.25, 0.3) is 17.2 Å². The van der Waals surface area contributed by atoms with Gasteiger partial charge in [0.2, 0.25) is 0 Å². The predicted octanol–water partition coefficient (Wildman–Crippen LogP) is 5.32. The number of fused-ring (bicyclic) bond motifs is 1. The number of esters is 1. The Kier molecular flexibility index (Phi) is 6.63. The first-order valence-corrected chi connectivity index (χ1v) is 12.6. The molecule has 1 aliphatic heterocycles. The molecule has 6 atom stereocenters. The minimum absolute atomic E-state index is 0.0207. The van der Waals surface area contributed by atoms with Crippen LogP contribution in [0.1, 0.15) is 43.2 Å². The highest BCUT2D eigenvalue weighted by Gasteiger charge is 2.63.